The minimum atomic E-state index is -0.944. The van der Waals surface area contributed by atoms with Crippen molar-refractivity contribution in [2.75, 3.05) is 10.8 Å². The van der Waals surface area contributed by atoms with Gasteiger partial charge < -0.3 is 5.32 Å². The third-order valence-corrected chi connectivity index (χ3v) is 6.46. The van der Waals surface area contributed by atoms with Crippen molar-refractivity contribution in [3.8, 4) is 0 Å². The van der Waals surface area contributed by atoms with Crippen LogP contribution in [0.4, 0.5) is 5.69 Å². The lowest BCUT2D eigenvalue weighted by Crippen LogP contribution is -2.49. The Labute approximate surface area is 192 Å². The first kappa shape index (κ1) is 22.9. The zero-order valence-electron chi connectivity index (χ0n) is 16.8. The van der Waals surface area contributed by atoms with Crippen LogP contribution < -0.4 is 10.2 Å². The van der Waals surface area contributed by atoms with Gasteiger partial charge in [0.15, 0.2) is 0 Å². The molecule has 2 aromatic carbocycles. The lowest BCUT2D eigenvalue weighted by Gasteiger charge is -2.35. The highest BCUT2D eigenvalue weighted by molar-refractivity contribution is 6.32. The molecule has 30 heavy (non-hydrogen) atoms. The van der Waals surface area contributed by atoms with Gasteiger partial charge >= 0.3 is 0 Å². The number of rotatable bonds is 6. The van der Waals surface area contributed by atoms with Crippen LogP contribution in [0.3, 0.4) is 0 Å². The third-order valence-electron chi connectivity index (χ3n) is 5.63. The zero-order chi connectivity index (χ0) is 21.7. The minimum absolute atomic E-state index is 0.0643. The van der Waals surface area contributed by atoms with Gasteiger partial charge in [-0.05, 0) is 49.1 Å². The van der Waals surface area contributed by atoms with E-state index in [1.807, 2.05) is 0 Å². The number of nitrogens with zero attached hydrogens (tertiary/aromatic N) is 1. The van der Waals surface area contributed by atoms with Crippen LogP contribution in [0.15, 0.2) is 48.5 Å². The normalized spacial score (nSPS) is 19.7. The van der Waals surface area contributed by atoms with E-state index in [1.54, 1.807) is 48.5 Å². The van der Waals surface area contributed by atoms with Gasteiger partial charge in [-0.25, -0.2) is 0 Å². The summed E-state index contributed by atoms with van der Waals surface area (Å²) < 4.78 is 0. The van der Waals surface area contributed by atoms with Crippen LogP contribution in [0.2, 0.25) is 10.0 Å². The Morgan fingerprint density at radius 2 is 1.73 bits per heavy atom. The number of amides is 2. The highest BCUT2D eigenvalue weighted by Gasteiger charge is 2.35. The van der Waals surface area contributed by atoms with Crippen molar-refractivity contribution in [2.45, 2.75) is 44.7 Å². The van der Waals surface area contributed by atoms with E-state index in [9.17, 15) is 9.59 Å². The van der Waals surface area contributed by atoms with Crippen LogP contribution in [0.25, 0.3) is 0 Å². The summed E-state index contributed by atoms with van der Waals surface area (Å²) in [5.74, 6) is -0.551. The van der Waals surface area contributed by atoms with E-state index < -0.39 is 11.9 Å². The monoisotopic (exact) mass is 466 g/mol. The Hall–Kier alpha value is -1.75. The van der Waals surface area contributed by atoms with Gasteiger partial charge in [-0.15, -0.1) is 11.6 Å². The Morgan fingerprint density at radius 3 is 2.37 bits per heavy atom. The first-order valence-corrected chi connectivity index (χ1v) is 11.4. The van der Waals surface area contributed by atoms with E-state index >= 15 is 0 Å². The fourth-order valence-electron chi connectivity index (χ4n) is 3.99. The maximum atomic E-state index is 13.6. The van der Waals surface area contributed by atoms with Gasteiger partial charge in [0.1, 0.15) is 11.9 Å². The molecule has 3 atom stereocenters. The van der Waals surface area contributed by atoms with Gasteiger partial charge in [-0.1, -0.05) is 61.2 Å². The molecule has 0 bridgehead atoms. The molecule has 1 saturated carbocycles. The number of nitrogens with one attached hydrogen (secondary N) is 1. The predicted molar refractivity (Wildman–Crippen MR) is 123 cm³/mol. The molecule has 0 spiro atoms. The lowest BCUT2D eigenvalue weighted by molar-refractivity contribution is -0.126. The molecule has 160 valence electrons. The highest BCUT2D eigenvalue weighted by Crippen LogP contribution is 2.34. The highest BCUT2D eigenvalue weighted by atomic mass is 35.5. The molecule has 1 N–H and O–H groups in total. The van der Waals surface area contributed by atoms with Crippen LogP contribution in [-0.4, -0.2) is 23.7 Å². The number of carbonyl (C=O) groups excluding carboxylic acids is 2. The summed E-state index contributed by atoms with van der Waals surface area (Å²) in [4.78, 5) is 27.9. The molecule has 7 heteroatoms. The van der Waals surface area contributed by atoms with Gasteiger partial charge in [0.2, 0.25) is 11.8 Å². The molecular weight excluding hydrogens is 443 g/mol. The maximum Gasteiger partial charge on any atom is 0.248 e. The van der Waals surface area contributed by atoms with E-state index in [2.05, 4.69) is 12.2 Å². The van der Waals surface area contributed by atoms with Crippen LogP contribution in [-0.2, 0) is 9.59 Å². The largest absolute Gasteiger partial charge is 0.351 e. The second-order valence-corrected chi connectivity index (χ2v) is 8.79. The lowest BCUT2D eigenvalue weighted by atomic mass is 9.85. The number of benzene rings is 2. The smallest absolute Gasteiger partial charge is 0.248 e. The second kappa shape index (κ2) is 10.5. The summed E-state index contributed by atoms with van der Waals surface area (Å²) in [7, 11) is 0. The molecule has 4 nitrogen and oxygen atoms in total. The number of alkyl halides is 1. The summed E-state index contributed by atoms with van der Waals surface area (Å²) in [6.45, 7) is 2.15. The molecule has 0 saturated heterocycles. The molecule has 0 aromatic heterocycles. The molecular formula is C23H25Cl3N2O2. The van der Waals surface area contributed by atoms with Gasteiger partial charge in [0.05, 0.1) is 0 Å². The molecule has 0 radical (unpaired) electrons. The molecule has 1 aliphatic rings. The number of halogens is 3. The molecule has 0 heterocycles. The van der Waals surface area contributed by atoms with E-state index in [4.69, 9.17) is 34.8 Å². The van der Waals surface area contributed by atoms with Crippen molar-refractivity contribution < 1.29 is 9.59 Å². The van der Waals surface area contributed by atoms with Gasteiger partial charge in [-0.2, -0.15) is 0 Å². The van der Waals surface area contributed by atoms with Crippen molar-refractivity contribution in [3.05, 3.63) is 64.1 Å². The molecule has 1 fully saturated rings. The second-order valence-electron chi connectivity index (χ2n) is 7.67. The minimum Gasteiger partial charge on any atom is -0.351 e. The molecule has 1 aliphatic carbocycles. The summed E-state index contributed by atoms with van der Waals surface area (Å²) in [5, 5.41) is 4.12. The Morgan fingerprint density at radius 1 is 1.07 bits per heavy atom. The maximum absolute atomic E-state index is 13.6. The number of hydrogen-bond acceptors (Lipinski definition) is 2. The molecule has 2 aromatic rings. The Bertz CT molecular complexity index is 888. The summed E-state index contributed by atoms with van der Waals surface area (Å²) in [6.07, 6.45) is 4.24. The molecule has 0 aliphatic heterocycles. The van der Waals surface area contributed by atoms with Crippen molar-refractivity contribution in [2.24, 2.45) is 5.92 Å². The van der Waals surface area contributed by atoms with Crippen LogP contribution in [0.5, 0.6) is 0 Å². The first-order chi connectivity index (χ1) is 14.4. The summed E-state index contributed by atoms with van der Waals surface area (Å²) in [5.41, 5.74) is 1.08. The topological polar surface area (TPSA) is 49.4 Å². The molecule has 3 rings (SSSR count). The van der Waals surface area contributed by atoms with E-state index in [1.165, 1.54) is 11.3 Å². The quantitative estimate of drug-likeness (QED) is 0.530. The van der Waals surface area contributed by atoms with Gasteiger partial charge in [0.25, 0.3) is 0 Å². The van der Waals surface area contributed by atoms with Crippen molar-refractivity contribution in [1.82, 2.24) is 5.32 Å². The summed E-state index contributed by atoms with van der Waals surface area (Å²) >= 11 is 18.4. The number of anilines is 1. The van der Waals surface area contributed by atoms with E-state index in [0.29, 0.717) is 27.2 Å². The van der Waals surface area contributed by atoms with E-state index in [-0.39, 0.29) is 17.8 Å². The SMILES string of the molecule is CC1CCCCC1NC(=O)C(c1ccccc1Cl)N(C(=O)CCl)c1ccc(Cl)cc1. The summed E-state index contributed by atoms with van der Waals surface area (Å²) in [6, 6.07) is 12.9. The number of carbonyl (C=O) groups is 2. The number of hydrogen-bond donors (Lipinski definition) is 1. The Kier molecular flexibility index (Phi) is 8.04. The predicted octanol–water partition coefficient (Wildman–Crippen LogP) is 6.00. The van der Waals surface area contributed by atoms with Crippen LogP contribution in [0.1, 0.15) is 44.2 Å². The molecule has 2 amide bonds. The van der Waals surface area contributed by atoms with Crippen LogP contribution >= 0.6 is 34.8 Å². The van der Waals surface area contributed by atoms with Crippen molar-refractivity contribution >= 4 is 52.3 Å². The molecule has 3 unspecified atom stereocenters. The first-order valence-electron chi connectivity index (χ1n) is 10.1. The van der Waals surface area contributed by atoms with Crippen molar-refractivity contribution in [3.63, 3.8) is 0 Å². The van der Waals surface area contributed by atoms with Gasteiger partial charge in [0, 0.05) is 27.3 Å². The standard InChI is InChI=1S/C23H25Cl3N2O2/c1-15-6-2-5-9-20(15)27-23(30)22(18-7-3-4-8-19(18)26)28(21(29)14-24)17-12-10-16(25)11-13-17/h3-4,7-8,10-13,15,20,22H,2,5-6,9,14H2,1H3,(H,27,30). The average Bonchev–Trinajstić information content (AvgIpc) is 2.74. The van der Waals surface area contributed by atoms with Gasteiger partial charge in [-0.3, -0.25) is 14.5 Å². The fraction of sp³-hybridized carbons (Fsp3) is 0.391. The van der Waals surface area contributed by atoms with Crippen molar-refractivity contribution in [1.29, 1.82) is 0 Å². The fourth-order valence-corrected chi connectivity index (χ4v) is 4.48. The zero-order valence-corrected chi connectivity index (χ0v) is 19.1. The third kappa shape index (κ3) is 5.29. The van der Waals surface area contributed by atoms with Crippen LogP contribution in [0, 0.1) is 5.92 Å². The average molecular weight is 468 g/mol. The Balaban J connectivity index is 2.04. The van der Waals surface area contributed by atoms with E-state index in [0.717, 1.165) is 19.3 Å².